The lowest BCUT2D eigenvalue weighted by Crippen LogP contribution is -2.43. The summed E-state index contributed by atoms with van der Waals surface area (Å²) in [6, 6.07) is 11.0. The van der Waals surface area contributed by atoms with Gasteiger partial charge in [-0.2, -0.15) is 0 Å². The van der Waals surface area contributed by atoms with Crippen molar-refractivity contribution in [3.05, 3.63) is 35.9 Å². The highest BCUT2D eigenvalue weighted by atomic mass is 16.2. The second kappa shape index (κ2) is 10.8. The Kier molecular flexibility index (Phi) is 8.41. The Bertz CT molecular complexity index is 571. The first kappa shape index (κ1) is 20.2. The van der Waals surface area contributed by atoms with E-state index in [4.69, 9.17) is 0 Å². The van der Waals surface area contributed by atoms with Crippen molar-refractivity contribution < 1.29 is 4.79 Å². The first-order valence-electron chi connectivity index (χ1n) is 9.56. The fourth-order valence-corrected chi connectivity index (χ4v) is 2.72. The molecule has 0 radical (unpaired) electrons. The number of rotatable bonds is 10. The molecule has 6 heteroatoms. The van der Waals surface area contributed by atoms with Crippen LogP contribution < -0.4 is 16.0 Å². The predicted molar refractivity (Wildman–Crippen MR) is 107 cm³/mol. The van der Waals surface area contributed by atoms with Crippen LogP contribution in [0.2, 0.25) is 0 Å². The molecule has 1 saturated carbocycles. The van der Waals surface area contributed by atoms with E-state index >= 15 is 0 Å². The maximum atomic E-state index is 11.6. The first-order valence-corrected chi connectivity index (χ1v) is 9.56. The van der Waals surface area contributed by atoms with Gasteiger partial charge < -0.3 is 16.0 Å². The number of nitrogens with one attached hydrogen (secondary N) is 3. The fourth-order valence-electron chi connectivity index (χ4n) is 2.72. The number of benzene rings is 1. The molecule has 6 nitrogen and oxygen atoms in total. The van der Waals surface area contributed by atoms with E-state index in [1.54, 1.807) is 7.05 Å². The molecule has 1 atom stereocenters. The molecule has 1 aliphatic rings. The Morgan fingerprint density at radius 3 is 2.46 bits per heavy atom. The summed E-state index contributed by atoms with van der Waals surface area (Å²) in [7, 11) is 3.93. The predicted octanol–water partition coefficient (Wildman–Crippen LogP) is 1.59. The van der Waals surface area contributed by atoms with Crippen LogP contribution in [0.3, 0.4) is 0 Å². The van der Waals surface area contributed by atoms with Crippen LogP contribution in [-0.2, 0) is 11.3 Å². The van der Waals surface area contributed by atoms with Gasteiger partial charge >= 0.3 is 0 Å². The van der Waals surface area contributed by atoms with Crippen molar-refractivity contribution in [1.82, 2.24) is 20.9 Å². The number of carbonyl (C=O) groups excluding carboxylic acids is 1. The van der Waals surface area contributed by atoms with Gasteiger partial charge in [-0.25, -0.2) is 0 Å². The lowest BCUT2D eigenvalue weighted by molar-refractivity contribution is -0.122. The maximum absolute atomic E-state index is 11.6. The van der Waals surface area contributed by atoms with Crippen molar-refractivity contribution in [2.75, 3.05) is 33.7 Å². The van der Waals surface area contributed by atoms with E-state index in [0.29, 0.717) is 19.1 Å². The van der Waals surface area contributed by atoms with Crippen molar-refractivity contribution in [3.63, 3.8) is 0 Å². The van der Waals surface area contributed by atoms with Crippen LogP contribution in [0.5, 0.6) is 0 Å². The average Bonchev–Trinajstić information content (AvgIpc) is 3.49. The number of amides is 1. The largest absolute Gasteiger partial charge is 0.356 e. The van der Waals surface area contributed by atoms with Crippen LogP contribution in [-0.4, -0.2) is 56.5 Å². The summed E-state index contributed by atoms with van der Waals surface area (Å²) in [5.41, 5.74) is 1.33. The van der Waals surface area contributed by atoms with Crippen molar-refractivity contribution in [2.24, 2.45) is 10.9 Å². The molecule has 0 saturated heterocycles. The van der Waals surface area contributed by atoms with E-state index in [1.165, 1.54) is 5.56 Å². The van der Waals surface area contributed by atoms with E-state index in [0.717, 1.165) is 38.3 Å². The Morgan fingerprint density at radius 2 is 1.81 bits per heavy atom. The Labute approximate surface area is 157 Å². The van der Waals surface area contributed by atoms with Crippen molar-refractivity contribution >= 4 is 11.9 Å². The fraction of sp³-hybridized carbons (Fsp3) is 0.600. The zero-order valence-corrected chi connectivity index (χ0v) is 16.3. The normalized spacial score (nSPS) is 15.6. The average molecular weight is 360 g/mol. The van der Waals surface area contributed by atoms with Crippen molar-refractivity contribution in [1.29, 1.82) is 0 Å². The van der Waals surface area contributed by atoms with Crippen LogP contribution in [0.4, 0.5) is 0 Å². The standard InChI is InChI=1S/C20H33N5O/c1-16(25(3)15-17-7-5-4-6-8-17)11-12-23-20(21-2)24-14-13-22-19(26)18-9-10-18/h4-8,16,18H,9-15H2,1-3H3,(H,22,26)(H2,21,23,24). The molecule has 1 aromatic carbocycles. The van der Waals surface area contributed by atoms with Gasteiger partial charge in [0.05, 0.1) is 0 Å². The molecule has 1 amide bonds. The number of hydrogen-bond acceptors (Lipinski definition) is 3. The number of hydrogen-bond donors (Lipinski definition) is 3. The number of nitrogens with zero attached hydrogens (tertiary/aromatic N) is 2. The molecule has 1 unspecified atom stereocenters. The zero-order valence-electron chi connectivity index (χ0n) is 16.3. The summed E-state index contributed by atoms with van der Waals surface area (Å²) in [4.78, 5) is 18.2. The summed E-state index contributed by atoms with van der Waals surface area (Å²) < 4.78 is 0. The Balaban J connectivity index is 1.57. The highest BCUT2D eigenvalue weighted by Gasteiger charge is 2.28. The third-order valence-corrected chi connectivity index (χ3v) is 4.77. The summed E-state index contributed by atoms with van der Waals surface area (Å²) >= 11 is 0. The summed E-state index contributed by atoms with van der Waals surface area (Å²) in [6.07, 6.45) is 3.11. The molecular weight excluding hydrogens is 326 g/mol. The molecule has 0 aliphatic heterocycles. The summed E-state index contributed by atoms with van der Waals surface area (Å²) in [5, 5.41) is 9.52. The molecular formula is C20H33N5O. The van der Waals surface area contributed by atoms with Gasteiger partial charge in [0.1, 0.15) is 0 Å². The second-order valence-electron chi connectivity index (χ2n) is 7.03. The lowest BCUT2D eigenvalue weighted by atomic mass is 10.1. The minimum atomic E-state index is 0.185. The zero-order chi connectivity index (χ0) is 18.8. The van der Waals surface area contributed by atoms with E-state index in [1.807, 2.05) is 6.07 Å². The highest BCUT2D eigenvalue weighted by Crippen LogP contribution is 2.28. The van der Waals surface area contributed by atoms with Crippen LogP contribution in [0.15, 0.2) is 35.3 Å². The van der Waals surface area contributed by atoms with Crippen LogP contribution >= 0.6 is 0 Å². The monoisotopic (exact) mass is 359 g/mol. The van der Waals surface area contributed by atoms with Gasteiger partial charge in [-0.05, 0) is 38.8 Å². The molecule has 26 heavy (non-hydrogen) atoms. The minimum Gasteiger partial charge on any atom is -0.356 e. The van der Waals surface area contributed by atoms with Gasteiger partial charge in [-0.3, -0.25) is 14.7 Å². The number of guanidine groups is 1. The van der Waals surface area contributed by atoms with Crippen LogP contribution in [0, 0.1) is 5.92 Å². The van der Waals surface area contributed by atoms with E-state index < -0.39 is 0 Å². The molecule has 0 bridgehead atoms. The Morgan fingerprint density at radius 1 is 1.15 bits per heavy atom. The first-order chi connectivity index (χ1) is 12.6. The summed E-state index contributed by atoms with van der Waals surface area (Å²) in [6.45, 7) is 5.37. The number of carbonyl (C=O) groups is 1. The van der Waals surface area contributed by atoms with E-state index in [2.05, 4.69) is 64.1 Å². The minimum absolute atomic E-state index is 0.185. The SMILES string of the molecule is CN=C(NCCNC(=O)C1CC1)NCCC(C)N(C)Cc1ccccc1. The van der Waals surface area contributed by atoms with Gasteiger partial charge in [0.2, 0.25) is 5.91 Å². The molecule has 144 valence electrons. The summed E-state index contributed by atoms with van der Waals surface area (Å²) in [5.74, 6) is 1.23. The van der Waals surface area contributed by atoms with E-state index in [-0.39, 0.29) is 11.8 Å². The number of aliphatic imine (C=N–C) groups is 1. The maximum Gasteiger partial charge on any atom is 0.223 e. The van der Waals surface area contributed by atoms with Gasteiger partial charge in [-0.1, -0.05) is 30.3 Å². The molecule has 0 spiro atoms. The topological polar surface area (TPSA) is 68.8 Å². The molecule has 3 N–H and O–H groups in total. The smallest absolute Gasteiger partial charge is 0.223 e. The second-order valence-corrected chi connectivity index (χ2v) is 7.03. The lowest BCUT2D eigenvalue weighted by Gasteiger charge is -2.25. The quantitative estimate of drug-likeness (QED) is 0.337. The van der Waals surface area contributed by atoms with Crippen molar-refractivity contribution in [3.8, 4) is 0 Å². The highest BCUT2D eigenvalue weighted by molar-refractivity contribution is 5.81. The van der Waals surface area contributed by atoms with Gasteiger partial charge in [-0.15, -0.1) is 0 Å². The molecule has 1 aromatic rings. The third kappa shape index (κ3) is 7.44. The van der Waals surface area contributed by atoms with Crippen molar-refractivity contribution in [2.45, 2.75) is 38.8 Å². The van der Waals surface area contributed by atoms with Crippen LogP contribution in [0.25, 0.3) is 0 Å². The van der Waals surface area contributed by atoms with Crippen LogP contribution in [0.1, 0.15) is 31.7 Å². The molecule has 1 fully saturated rings. The molecule has 0 aromatic heterocycles. The van der Waals surface area contributed by atoms with Gasteiger partial charge in [0.25, 0.3) is 0 Å². The Hall–Kier alpha value is -2.08. The molecule has 2 rings (SSSR count). The van der Waals surface area contributed by atoms with E-state index in [9.17, 15) is 4.79 Å². The third-order valence-electron chi connectivity index (χ3n) is 4.77. The van der Waals surface area contributed by atoms with Gasteiger partial charge in [0, 0.05) is 45.2 Å². The molecule has 0 heterocycles. The van der Waals surface area contributed by atoms with Gasteiger partial charge in [0.15, 0.2) is 5.96 Å². The molecule has 1 aliphatic carbocycles.